The molecule has 0 heterocycles. The summed E-state index contributed by atoms with van der Waals surface area (Å²) in [6.07, 6.45) is 3.48. The number of carbonyl (C=O) groups excluding carboxylic acids is 1. The molecule has 0 radical (unpaired) electrons. The van der Waals surface area contributed by atoms with Crippen molar-refractivity contribution in [2.24, 2.45) is 0 Å². The summed E-state index contributed by atoms with van der Waals surface area (Å²) in [5.74, 6) is -0.909. The Kier molecular flexibility index (Phi) is 7.15. The Balaban J connectivity index is 0.00000256. The highest BCUT2D eigenvalue weighted by Gasteiger charge is 2.29. The number of carboxylic acids is 1. The molecule has 0 aromatic carbocycles. The molecule has 0 aromatic heterocycles. The zero-order valence-electron chi connectivity index (χ0n) is 10.3. The van der Waals surface area contributed by atoms with E-state index in [4.69, 9.17) is 5.11 Å². The molecular formula is C11H21ClN2O3. The summed E-state index contributed by atoms with van der Waals surface area (Å²) in [7, 11) is 1.78. The van der Waals surface area contributed by atoms with E-state index in [-0.39, 0.29) is 24.9 Å². The molecule has 0 aliphatic heterocycles. The van der Waals surface area contributed by atoms with Crippen LogP contribution in [0.25, 0.3) is 0 Å². The van der Waals surface area contributed by atoms with Gasteiger partial charge in [0.1, 0.15) is 6.04 Å². The fourth-order valence-electron chi connectivity index (χ4n) is 1.60. The van der Waals surface area contributed by atoms with Crippen molar-refractivity contribution in [2.45, 2.75) is 44.7 Å². The summed E-state index contributed by atoms with van der Waals surface area (Å²) >= 11 is 0. The summed E-state index contributed by atoms with van der Waals surface area (Å²) in [5, 5.41) is 11.7. The highest BCUT2D eigenvalue weighted by Crippen LogP contribution is 2.25. The predicted molar refractivity (Wildman–Crippen MR) is 67.4 cm³/mol. The first-order chi connectivity index (χ1) is 7.56. The molecule has 2 N–H and O–H groups in total. The van der Waals surface area contributed by atoms with Crippen molar-refractivity contribution in [1.82, 2.24) is 10.2 Å². The first-order valence-corrected chi connectivity index (χ1v) is 5.78. The number of rotatable bonds is 7. The summed E-state index contributed by atoms with van der Waals surface area (Å²) in [4.78, 5) is 24.2. The van der Waals surface area contributed by atoms with E-state index >= 15 is 0 Å². The Morgan fingerprint density at radius 1 is 1.47 bits per heavy atom. The molecule has 6 heteroatoms. The zero-order valence-corrected chi connectivity index (χ0v) is 11.1. The van der Waals surface area contributed by atoms with Crippen LogP contribution in [-0.4, -0.2) is 47.6 Å². The minimum absolute atomic E-state index is 0. The minimum atomic E-state index is -0.885. The third-order valence-corrected chi connectivity index (χ3v) is 2.86. The van der Waals surface area contributed by atoms with Gasteiger partial charge in [0.15, 0.2) is 0 Å². The summed E-state index contributed by atoms with van der Waals surface area (Å²) in [6, 6.07) is -0.231. The molecule has 1 saturated carbocycles. The summed E-state index contributed by atoms with van der Waals surface area (Å²) in [5.41, 5.74) is 0. The molecular weight excluding hydrogens is 244 g/mol. The normalized spacial score (nSPS) is 15.9. The number of carboxylic acid groups (broad SMARTS) is 1. The van der Waals surface area contributed by atoms with Crippen molar-refractivity contribution in [3.05, 3.63) is 0 Å². The first kappa shape index (κ1) is 16.2. The van der Waals surface area contributed by atoms with E-state index in [1.54, 1.807) is 11.9 Å². The molecule has 1 fully saturated rings. The molecule has 0 bridgehead atoms. The van der Waals surface area contributed by atoms with Gasteiger partial charge in [0.25, 0.3) is 0 Å². The average molecular weight is 265 g/mol. The van der Waals surface area contributed by atoms with Crippen molar-refractivity contribution in [2.75, 3.05) is 13.6 Å². The van der Waals surface area contributed by atoms with E-state index in [2.05, 4.69) is 5.32 Å². The van der Waals surface area contributed by atoms with Crippen molar-refractivity contribution >= 4 is 24.3 Å². The van der Waals surface area contributed by atoms with Crippen LogP contribution in [0.2, 0.25) is 0 Å². The molecule has 100 valence electrons. The van der Waals surface area contributed by atoms with E-state index in [0.29, 0.717) is 12.5 Å². The maximum Gasteiger partial charge on any atom is 0.320 e. The second kappa shape index (κ2) is 7.50. The largest absolute Gasteiger partial charge is 0.480 e. The lowest BCUT2D eigenvalue weighted by atomic mass is 10.1. The number of hydrogen-bond donors (Lipinski definition) is 2. The van der Waals surface area contributed by atoms with Gasteiger partial charge in [-0.1, -0.05) is 13.3 Å². The second-order valence-electron chi connectivity index (χ2n) is 4.30. The lowest BCUT2D eigenvalue weighted by Gasteiger charge is -2.18. The van der Waals surface area contributed by atoms with E-state index < -0.39 is 12.0 Å². The van der Waals surface area contributed by atoms with Crippen LogP contribution in [0.3, 0.4) is 0 Å². The van der Waals surface area contributed by atoms with Crippen LogP contribution >= 0.6 is 12.4 Å². The molecule has 1 unspecified atom stereocenters. The van der Waals surface area contributed by atoms with E-state index in [1.165, 1.54) is 0 Å². The van der Waals surface area contributed by atoms with Gasteiger partial charge in [-0.15, -0.1) is 12.4 Å². The molecule has 0 spiro atoms. The number of nitrogens with zero attached hydrogens (tertiary/aromatic N) is 1. The van der Waals surface area contributed by atoms with Crippen molar-refractivity contribution in [3.8, 4) is 0 Å². The predicted octanol–water partition coefficient (Wildman–Crippen LogP) is 0.872. The van der Waals surface area contributed by atoms with Gasteiger partial charge < -0.3 is 10.0 Å². The van der Waals surface area contributed by atoms with Gasteiger partial charge in [-0.05, 0) is 19.3 Å². The zero-order chi connectivity index (χ0) is 12.1. The SMILES string of the molecule is CCCC(NCC(=O)N(C)C1CC1)C(=O)O.Cl. The number of halogens is 1. The highest BCUT2D eigenvalue weighted by atomic mass is 35.5. The molecule has 1 aliphatic carbocycles. The Bertz CT molecular complexity index is 269. The number of carbonyl (C=O) groups is 2. The minimum Gasteiger partial charge on any atom is -0.480 e. The van der Waals surface area contributed by atoms with Crippen LogP contribution in [0.1, 0.15) is 32.6 Å². The first-order valence-electron chi connectivity index (χ1n) is 5.78. The standard InChI is InChI=1S/C11H20N2O3.ClH/c1-3-4-9(11(15)16)12-7-10(14)13(2)8-5-6-8;/h8-9,12H,3-7H2,1-2H3,(H,15,16);1H. The number of aliphatic carboxylic acids is 1. The van der Waals surface area contributed by atoms with Crippen molar-refractivity contribution in [1.29, 1.82) is 0 Å². The van der Waals surface area contributed by atoms with Crippen LogP contribution in [0.15, 0.2) is 0 Å². The number of amides is 1. The second-order valence-corrected chi connectivity index (χ2v) is 4.30. The Labute approximate surface area is 108 Å². The quantitative estimate of drug-likeness (QED) is 0.716. The van der Waals surface area contributed by atoms with Crippen LogP contribution in [0, 0.1) is 0 Å². The maximum atomic E-state index is 11.6. The Morgan fingerprint density at radius 2 is 2.06 bits per heavy atom. The van der Waals surface area contributed by atoms with Crippen molar-refractivity contribution < 1.29 is 14.7 Å². The fraction of sp³-hybridized carbons (Fsp3) is 0.818. The van der Waals surface area contributed by atoms with Crippen LogP contribution < -0.4 is 5.32 Å². The lowest BCUT2D eigenvalue weighted by Crippen LogP contribution is -2.44. The fourth-order valence-corrected chi connectivity index (χ4v) is 1.60. The summed E-state index contributed by atoms with van der Waals surface area (Å²) in [6.45, 7) is 2.04. The maximum absolute atomic E-state index is 11.6. The smallest absolute Gasteiger partial charge is 0.320 e. The number of hydrogen-bond acceptors (Lipinski definition) is 3. The summed E-state index contributed by atoms with van der Waals surface area (Å²) < 4.78 is 0. The molecule has 1 atom stereocenters. The molecule has 1 amide bonds. The molecule has 1 aliphatic rings. The molecule has 0 saturated heterocycles. The molecule has 1 rings (SSSR count). The van der Waals surface area contributed by atoms with Crippen LogP contribution in [0.4, 0.5) is 0 Å². The average Bonchev–Trinajstić information content (AvgIpc) is 3.05. The van der Waals surface area contributed by atoms with Crippen LogP contribution in [-0.2, 0) is 9.59 Å². The third kappa shape index (κ3) is 5.37. The van der Waals surface area contributed by atoms with Gasteiger partial charge in [0, 0.05) is 13.1 Å². The topological polar surface area (TPSA) is 69.6 Å². The number of likely N-dealkylation sites (N-methyl/N-ethyl adjacent to an activating group) is 1. The van der Waals surface area contributed by atoms with Gasteiger partial charge in [0.2, 0.25) is 5.91 Å². The lowest BCUT2D eigenvalue weighted by molar-refractivity contribution is -0.140. The van der Waals surface area contributed by atoms with Crippen molar-refractivity contribution in [3.63, 3.8) is 0 Å². The monoisotopic (exact) mass is 264 g/mol. The molecule has 17 heavy (non-hydrogen) atoms. The van der Waals surface area contributed by atoms with Gasteiger partial charge in [0.05, 0.1) is 6.54 Å². The van der Waals surface area contributed by atoms with Crippen LogP contribution in [0.5, 0.6) is 0 Å². The third-order valence-electron chi connectivity index (χ3n) is 2.86. The highest BCUT2D eigenvalue weighted by molar-refractivity contribution is 5.85. The molecule has 5 nitrogen and oxygen atoms in total. The van der Waals surface area contributed by atoms with Gasteiger partial charge in [-0.2, -0.15) is 0 Å². The number of nitrogens with one attached hydrogen (secondary N) is 1. The van der Waals surface area contributed by atoms with Gasteiger partial charge >= 0.3 is 5.97 Å². The molecule has 0 aromatic rings. The van der Waals surface area contributed by atoms with E-state index in [1.807, 2.05) is 6.92 Å². The Hall–Kier alpha value is -0.810. The van der Waals surface area contributed by atoms with Gasteiger partial charge in [-0.3, -0.25) is 14.9 Å². The van der Waals surface area contributed by atoms with Gasteiger partial charge in [-0.25, -0.2) is 0 Å². The van der Waals surface area contributed by atoms with E-state index in [0.717, 1.165) is 19.3 Å². The Morgan fingerprint density at radius 3 is 2.47 bits per heavy atom. The van der Waals surface area contributed by atoms with E-state index in [9.17, 15) is 9.59 Å².